The van der Waals surface area contributed by atoms with Crippen molar-refractivity contribution in [3.63, 3.8) is 0 Å². The lowest BCUT2D eigenvalue weighted by atomic mass is 9.69. The lowest BCUT2D eigenvalue weighted by Crippen LogP contribution is -2.53. The molecule has 3 atom stereocenters. The quantitative estimate of drug-likeness (QED) is 0.290. The van der Waals surface area contributed by atoms with Crippen molar-refractivity contribution in [3.05, 3.63) is 62.8 Å². The molecule has 15 heteroatoms. The number of allylic oxidation sites excluding steroid dienone is 1. The highest BCUT2D eigenvalue weighted by Crippen LogP contribution is 2.56. The van der Waals surface area contributed by atoms with Crippen LogP contribution in [0.15, 0.2) is 41.0 Å². The molecule has 1 spiro atoms. The predicted molar refractivity (Wildman–Crippen MR) is 169 cm³/mol. The van der Waals surface area contributed by atoms with E-state index in [1.807, 2.05) is 0 Å². The van der Waals surface area contributed by atoms with Crippen LogP contribution in [0, 0.1) is 12.8 Å². The molecule has 3 aliphatic rings. The Balaban J connectivity index is 1.38. The molecule has 1 aromatic heterocycles. The van der Waals surface area contributed by atoms with E-state index < -0.39 is 46.6 Å². The number of ketones is 2. The molecule has 0 radical (unpaired) electrons. The van der Waals surface area contributed by atoms with E-state index >= 15 is 0 Å². The third kappa shape index (κ3) is 5.50. The number of halogens is 1. The first-order valence-electron chi connectivity index (χ1n) is 14.5. The lowest BCUT2D eigenvalue weighted by Gasteiger charge is -2.38. The third-order valence-electron chi connectivity index (χ3n) is 8.36. The van der Waals surface area contributed by atoms with E-state index in [4.69, 9.17) is 35.3 Å². The van der Waals surface area contributed by atoms with Gasteiger partial charge in [0.2, 0.25) is 30.0 Å². The number of benzene rings is 2. The molecule has 6 rings (SSSR count). The predicted octanol–water partition coefficient (Wildman–Crippen LogP) is 4.51. The van der Waals surface area contributed by atoms with E-state index in [-0.39, 0.29) is 59.6 Å². The summed E-state index contributed by atoms with van der Waals surface area (Å²) in [5.74, 6) is -3.75. The van der Waals surface area contributed by atoms with Gasteiger partial charge in [-0.1, -0.05) is 24.6 Å². The van der Waals surface area contributed by atoms with Crippen LogP contribution in [0.1, 0.15) is 47.3 Å². The second-order valence-electron chi connectivity index (χ2n) is 11.2. The summed E-state index contributed by atoms with van der Waals surface area (Å²) in [6, 6.07) is 6.30. The molecule has 3 N–H and O–H groups in total. The van der Waals surface area contributed by atoms with Crippen molar-refractivity contribution in [2.45, 2.75) is 38.2 Å². The van der Waals surface area contributed by atoms with Crippen LogP contribution in [0.3, 0.4) is 0 Å². The number of aliphatic hydroxyl groups excluding tert-OH is 1. The van der Waals surface area contributed by atoms with Gasteiger partial charge in [-0.15, -0.1) is 11.3 Å². The number of aromatic nitrogens is 1. The lowest BCUT2D eigenvalue weighted by molar-refractivity contribution is -0.124. The number of methoxy groups -OCH3 is 2. The monoisotopic (exact) mass is 683 g/mol. The zero-order chi connectivity index (χ0) is 33.6. The molecule has 0 saturated heterocycles. The number of carbonyl (C=O) groups excluding carboxylic acids is 4. The average molecular weight is 684 g/mol. The number of nitrogens with one attached hydrogen (secondary N) is 2. The summed E-state index contributed by atoms with van der Waals surface area (Å²) in [6.45, 7) is 3.01. The first-order valence-corrected chi connectivity index (χ1v) is 15.8. The fourth-order valence-corrected chi connectivity index (χ4v) is 7.04. The molecule has 3 unspecified atom stereocenters. The van der Waals surface area contributed by atoms with Crippen molar-refractivity contribution in [2.24, 2.45) is 5.92 Å². The Kier molecular flexibility index (Phi) is 8.49. The minimum absolute atomic E-state index is 0.00939. The molecule has 47 heavy (non-hydrogen) atoms. The van der Waals surface area contributed by atoms with Crippen molar-refractivity contribution < 1.29 is 48.0 Å². The van der Waals surface area contributed by atoms with E-state index in [9.17, 15) is 24.3 Å². The van der Waals surface area contributed by atoms with E-state index in [1.165, 1.54) is 31.6 Å². The Labute approximate surface area is 277 Å². The van der Waals surface area contributed by atoms with E-state index in [1.54, 1.807) is 37.4 Å². The van der Waals surface area contributed by atoms with Crippen molar-refractivity contribution in [1.29, 1.82) is 0 Å². The topological polar surface area (TPSA) is 172 Å². The molecule has 2 amide bonds. The smallest absolute Gasteiger partial charge is 0.245 e. The summed E-state index contributed by atoms with van der Waals surface area (Å²) >= 11 is 7.82. The van der Waals surface area contributed by atoms with Crippen LogP contribution in [0.25, 0.3) is 0 Å². The molecule has 0 fully saturated rings. The van der Waals surface area contributed by atoms with Crippen molar-refractivity contribution in [1.82, 2.24) is 10.3 Å². The number of ether oxygens (including phenoxy) is 5. The summed E-state index contributed by atoms with van der Waals surface area (Å²) in [7, 11) is 2.75. The number of aliphatic hydroxyl groups is 1. The number of hydrogen-bond donors (Lipinski definition) is 3. The molecule has 0 saturated carbocycles. The molecule has 3 heterocycles. The second kappa shape index (κ2) is 12.4. The van der Waals surface area contributed by atoms with Crippen LogP contribution < -0.4 is 34.3 Å². The maximum Gasteiger partial charge on any atom is 0.245 e. The number of amides is 2. The van der Waals surface area contributed by atoms with Gasteiger partial charge in [0.05, 0.1) is 26.5 Å². The van der Waals surface area contributed by atoms with Crippen molar-refractivity contribution >= 4 is 51.5 Å². The summed E-state index contributed by atoms with van der Waals surface area (Å²) < 4.78 is 28.0. The van der Waals surface area contributed by atoms with E-state index in [0.717, 1.165) is 5.69 Å². The number of rotatable bonds is 9. The highest BCUT2D eigenvalue weighted by atomic mass is 35.5. The number of fused-ring (bicyclic) bond motifs is 2. The Morgan fingerprint density at radius 3 is 2.60 bits per heavy atom. The molecule has 1 aliphatic carbocycles. The largest absolute Gasteiger partial charge is 0.507 e. The van der Waals surface area contributed by atoms with Gasteiger partial charge < -0.3 is 39.4 Å². The fourth-order valence-electron chi connectivity index (χ4n) is 6.07. The van der Waals surface area contributed by atoms with Gasteiger partial charge in [-0.2, -0.15) is 0 Å². The number of nitrogens with zero attached hydrogens (tertiary/aromatic N) is 1. The second-order valence-corrected chi connectivity index (χ2v) is 12.5. The highest BCUT2D eigenvalue weighted by molar-refractivity contribution is 7.13. The maximum absolute atomic E-state index is 14.3. The minimum Gasteiger partial charge on any atom is -0.507 e. The van der Waals surface area contributed by atoms with Crippen LogP contribution in [0.5, 0.6) is 28.7 Å². The first-order chi connectivity index (χ1) is 22.5. The SMILES string of the molecule is COc1cc(OC)c2c(c1Cl)OC1(C2=O)C(O)=C(C(CC(=O)NCC(=O)Nc2nc(C)cs2)c2ccc3c(c2)OCO3)C(=O)CC1C. The van der Waals surface area contributed by atoms with Gasteiger partial charge >= 0.3 is 0 Å². The number of hydrogen-bond acceptors (Lipinski definition) is 12. The van der Waals surface area contributed by atoms with Gasteiger partial charge in [0.25, 0.3) is 0 Å². The summed E-state index contributed by atoms with van der Waals surface area (Å²) in [6.07, 6.45) is -0.577. The zero-order valence-electron chi connectivity index (χ0n) is 25.7. The highest BCUT2D eigenvalue weighted by Gasteiger charge is 2.61. The number of aryl methyl sites for hydroxylation is 1. The van der Waals surface area contributed by atoms with Crippen molar-refractivity contribution in [3.8, 4) is 28.7 Å². The van der Waals surface area contributed by atoms with Gasteiger partial charge in [-0.25, -0.2) is 4.98 Å². The number of carbonyl (C=O) groups is 4. The van der Waals surface area contributed by atoms with Crippen LogP contribution in [-0.2, 0) is 14.4 Å². The first kappa shape index (κ1) is 32.1. The van der Waals surface area contributed by atoms with Crippen LogP contribution >= 0.6 is 22.9 Å². The van der Waals surface area contributed by atoms with Gasteiger partial charge in [-0.05, 0) is 24.6 Å². The molecule has 2 aliphatic heterocycles. The van der Waals surface area contributed by atoms with Gasteiger partial charge in [0.1, 0.15) is 22.1 Å². The van der Waals surface area contributed by atoms with E-state index in [0.29, 0.717) is 22.2 Å². The van der Waals surface area contributed by atoms with Crippen LogP contribution in [-0.4, -0.2) is 66.6 Å². The van der Waals surface area contributed by atoms with Crippen LogP contribution in [0.2, 0.25) is 5.02 Å². The number of thiazole rings is 1. The molecule has 0 bridgehead atoms. The molecule has 2 aromatic carbocycles. The number of Topliss-reactive ketones (excluding diaryl/α,β-unsaturated/α-hetero) is 2. The summed E-state index contributed by atoms with van der Waals surface area (Å²) in [4.78, 5) is 58.1. The van der Waals surface area contributed by atoms with E-state index in [2.05, 4.69) is 15.6 Å². The molecule has 3 aromatic rings. The molecule has 13 nitrogen and oxygen atoms in total. The molecule has 246 valence electrons. The Morgan fingerprint density at radius 2 is 1.89 bits per heavy atom. The Hall–Kier alpha value is -4.82. The number of anilines is 1. The standard InChI is InChI=1S/C32H30ClN3O10S/c1-14-7-18(37)25(29(40)32(14)30(41)26-21(42-3)10-22(43-4)27(33)28(26)46-32)17(16-5-6-19-20(8-16)45-13-44-19)9-23(38)34-11-24(39)36-31-35-15(2)12-47-31/h5-6,8,10,12,14,17,40H,7,9,11,13H2,1-4H3,(H,34,38)(H,35,36,39). The normalized spacial score (nSPS) is 20.1. The Morgan fingerprint density at radius 1 is 1.15 bits per heavy atom. The van der Waals surface area contributed by atoms with Crippen molar-refractivity contribution in [2.75, 3.05) is 32.9 Å². The summed E-state index contributed by atoms with van der Waals surface area (Å²) in [5.41, 5.74) is -1.09. The molecular formula is C32H30ClN3O10S. The zero-order valence-corrected chi connectivity index (χ0v) is 27.3. The summed E-state index contributed by atoms with van der Waals surface area (Å²) in [5, 5.41) is 19.4. The van der Waals surface area contributed by atoms with Gasteiger partial charge in [0, 0.05) is 41.7 Å². The molecular weight excluding hydrogens is 654 g/mol. The van der Waals surface area contributed by atoms with Gasteiger partial charge in [-0.3, -0.25) is 19.2 Å². The van der Waals surface area contributed by atoms with Crippen LogP contribution in [0.4, 0.5) is 5.13 Å². The average Bonchev–Trinajstić information content (AvgIpc) is 3.76. The Bertz CT molecular complexity index is 1860. The van der Waals surface area contributed by atoms with Gasteiger partial charge in [0.15, 0.2) is 33.9 Å². The third-order valence-corrected chi connectivity index (χ3v) is 9.59. The fraction of sp³-hybridized carbons (Fsp3) is 0.344. The maximum atomic E-state index is 14.3. The minimum atomic E-state index is -2.05.